The number of benzene rings is 1. The van der Waals surface area contributed by atoms with Crippen molar-refractivity contribution >= 4 is 11.9 Å². The minimum absolute atomic E-state index is 0.0348. The third-order valence-electron chi connectivity index (χ3n) is 5.08. The molecule has 1 N–H and O–H groups in total. The van der Waals surface area contributed by atoms with Gasteiger partial charge >= 0.3 is 6.03 Å². The number of hydrogen-bond donors (Lipinski definition) is 1. The number of carbonyl (C=O) groups excluding carboxylic acids is 2. The van der Waals surface area contributed by atoms with Gasteiger partial charge in [-0.05, 0) is 56.7 Å². The highest BCUT2D eigenvalue weighted by Crippen LogP contribution is 2.25. The molecule has 2 saturated heterocycles. The zero-order valence-corrected chi connectivity index (χ0v) is 14.9. The minimum Gasteiger partial charge on any atom is -0.497 e. The molecular formula is C19H26N2O4. The van der Waals surface area contributed by atoms with Crippen LogP contribution in [-0.2, 0) is 16.0 Å². The van der Waals surface area contributed by atoms with E-state index in [2.05, 4.69) is 5.32 Å². The van der Waals surface area contributed by atoms with Crippen LogP contribution in [-0.4, -0.2) is 48.7 Å². The first-order valence-electron chi connectivity index (χ1n) is 8.90. The molecule has 2 heterocycles. The van der Waals surface area contributed by atoms with Crippen molar-refractivity contribution in [3.63, 3.8) is 0 Å². The topological polar surface area (TPSA) is 67.9 Å². The smallest absolute Gasteiger partial charge is 0.325 e. The van der Waals surface area contributed by atoms with Crippen molar-refractivity contribution in [2.75, 3.05) is 20.3 Å². The second-order valence-electron chi connectivity index (χ2n) is 7.01. The van der Waals surface area contributed by atoms with Crippen molar-refractivity contribution in [2.45, 2.75) is 50.7 Å². The van der Waals surface area contributed by atoms with Gasteiger partial charge in [0.05, 0.1) is 19.8 Å². The van der Waals surface area contributed by atoms with Crippen LogP contribution in [0.25, 0.3) is 0 Å². The number of ether oxygens (including phenoxy) is 2. The molecule has 6 nitrogen and oxygen atoms in total. The molecule has 0 saturated carbocycles. The summed E-state index contributed by atoms with van der Waals surface area (Å²) < 4.78 is 10.8. The number of aryl methyl sites for hydroxylation is 1. The lowest BCUT2D eigenvalue weighted by Crippen LogP contribution is -2.45. The Morgan fingerprint density at radius 3 is 2.68 bits per heavy atom. The van der Waals surface area contributed by atoms with Gasteiger partial charge in [0.15, 0.2) is 0 Å². The molecule has 0 bridgehead atoms. The Balaban J connectivity index is 1.60. The fraction of sp³-hybridized carbons (Fsp3) is 0.579. The van der Waals surface area contributed by atoms with Gasteiger partial charge in [-0.25, -0.2) is 4.79 Å². The molecule has 0 aromatic heterocycles. The quantitative estimate of drug-likeness (QED) is 0.804. The summed E-state index contributed by atoms with van der Waals surface area (Å²) in [5.41, 5.74) is 0.254. The molecule has 0 unspecified atom stereocenters. The Labute approximate surface area is 148 Å². The van der Waals surface area contributed by atoms with Gasteiger partial charge in [-0.2, -0.15) is 0 Å². The fourth-order valence-electron chi connectivity index (χ4n) is 3.42. The van der Waals surface area contributed by atoms with Gasteiger partial charge in [-0.1, -0.05) is 12.1 Å². The molecule has 136 valence electrons. The average Bonchev–Trinajstić information content (AvgIpc) is 2.85. The highest BCUT2D eigenvalue weighted by Gasteiger charge is 2.47. The maximum Gasteiger partial charge on any atom is 0.325 e. The van der Waals surface area contributed by atoms with Crippen molar-refractivity contribution in [1.82, 2.24) is 10.2 Å². The van der Waals surface area contributed by atoms with Crippen LogP contribution < -0.4 is 10.1 Å². The van der Waals surface area contributed by atoms with Gasteiger partial charge in [0, 0.05) is 6.61 Å². The number of methoxy groups -OCH3 is 1. The van der Waals surface area contributed by atoms with Crippen LogP contribution in [0.3, 0.4) is 0 Å². The zero-order chi connectivity index (χ0) is 17.9. The second kappa shape index (κ2) is 7.44. The molecule has 6 heteroatoms. The summed E-state index contributed by atoms with van der Waals surface area (Å²) in [6.45, 7) is 2.87. The van der Waals surface area contributed by atoms with E-state index in [-0.39, 0.29) is 18.0 Å². The molecule has 1 aromatic rings. The summed E-state index contributed by atoms with van der Waals surface area (Å²) in [7, 11) is 1.63. The maximum atomic E-state index is 12.8. The lowest BCUT2D eigenvalue weighted by Gasteiger charge is -2.26. The Morgan fingerprint density at radius 2 is 2.04 bits per heavy atom. The lowest BCUT2D eigenvalue weighted by atomic mass is 9.93. The number of nitrogens with one attached hydrogen (secondary N) is 1. The molecule has 3 amide bonds. The SMILES string of the molecule is COc1ccc(CC[C@]2(C)NC(=O)N(C[C@H]3CCCCO3)C2=O)cc1. The molecule has 2 aliphatic heterocycles. The van der Waals surface area contributed by atoms with Crippen LogP contribution in [0.15, 0.2) is 24.3 Å². The summed E-state index contributed by atoms with van der Waals surface area (Å²) in [6.07, 6.45) is 4.28. The predicted molar refractivity (Wildman–Crippen MR) is 93.6 cm³/mol. The molecule has 2 atom stereocenters. The number of amides is 3. The van der Waals surface area contributed by atoms with E-state index in [0.717, 1.165) is 30.6 Å². The number of hydrogen-bond acceptors (Lipinski definition) is 4. The Bertz CT molecular complexity index is 625. The third kappa shape index (κ3) is 3.95. The average molecular weight is 346 g/mol. The van der Waals surface area contributed by atoms with E-state index in [1.54, 1.807) is 14.0 Å². The molecule has 2 fully saturated rings. The van der Waals surface area contributed by atoms with Gasteiger partial charge < -0.3 is 14.8 Å². The van der Waals surface area contributed by atoms with Gasteiger partial charge in [-0.15, -0.1) is 0 Å². The molecule has 0 aliphatic carbocycles. The minimum atomic E-state index is -0.855. The Kier molecular flexibility index (Phi) is 5.27. The van der Waals surface area contributed by atoms with Gasteiger partial charge in [-0.3, -0.25) is 9.69 Å². The summed E-state index contributed by atoms with van der Waals surface area (Å²) >= 11 is 0. The van der Waals surface area contributed by atoms with Crippen LogP contribution in [0.2, 0.25) is 0 Å². The Morgan fingerprint density at radius 1 is 1.28 bits per heavy atom. The summed E-state index contributed by atoms with van der Waals surface area (Å²) in [6, 6.07) is 7.46. The van der Waals surface area contributed by atoms with Crippen LogP contribution in [0.1, 0.15) is 38.2 Å². The van der Waals surface area contributed by atoms with E-state index in [1.165, 1.54) is 4.90 Å². The molecule has 1 aromatic carbocycles. The number of carbonyl (C=O) groups is 2. The van der Waals surface area contributed by atoms with Crippen molar-refractivity contribution in [3.8, 4) is 5.75 Å². The summed E-state index contributed by atoms with van der Waals surface area (Å²) in [5, 5.41) is 2.87. The largest absolute Gasteiger partial charge is 0.497 e. The predicted octanol–water partition coefficient (Wildman–Crippen LogP) is 2.51. The number of nitrogens with zero attached hydrogens (tertiary/aromatic N) is 1. The van der Waals surface area contributed by atoms with Crippen LogP contribution in [0, 0.1) is 0 Å². The number of rotatable bonds is 6. The summed E-state index contributed by atoms with van der Waals surface area (Å²) in [4.78, 5) is 26.4. The third-order valence-corrected chi connectivity index (χ3v) is 5.08. The van der Waals surface area contributed by atoms with Crippen molar-refractivity contribution in [3.05, 3.63) is 29.8 Å². The molecular weight excluding hydrogens is 320 g/mol. The van der Waals surface area contributed by atoms with E-state index < -0.39 is 5.54 Å². The molecule has 3 rings (SSSR count). The first-order chi connectivity index (χ1) is 12.0. The maximum absolute atomic E-state index is 12.8. The van der Waals surface area contributed by atoms with E-state index in [9.17, 15) is 9.59 Å². The Hall–Kier alpha value is -2.08. The monoisotopic (exact) mass is 346 g/mol. The van der Waals surface area contributed by atoms with E-state index in [1.807, 2.05) is 24.3 Å². The van der Waals surface area contributed by atoms with Crippen LogP contribution in [0.5, 0.6) is 5.75 Å². The van der Waals surface area contributed by atoms with Gasteiger partial charge in [0.25, 0.3) is 5.91 Å². The highest BCUT2D eigenvalue weighted by atomic mass is 16.5. The van der Waals surface area contributed by atoms with E-state index >= 15 is 0 Å². The standard InChI is InChI=1S/C19H26N2O4/c1-19(11-10-14-6-8-15(24-2)9-7-14)17(22)21(18(23)20-19)13-16-5-3-4-12-25-16/h6-9,16H,3-5,10-13H2,1-2H3,(H,20,23)/t16-,19+/m1/s1. The molecule has 25 heavy (non-hydrogen) atoms. The van der Waals surface area contributed by atoms with E-state index in [4.69, 9.17) is 9.47 Å². The lowest BCUT2D eigenvalue weighted by molar-refractivity contribution is -0.132. The van der Waals surface area contributed by atoms with Crippen LogP contribution in [0.4, 0.5) is 4.79 Å². The second-order valence-corrected chi connectivity index (χ2v) is 7.01. The number of urea groups is 1. The summed E-state index contributed by atoms with van der Waals surface area (Å²) in [5.74, 6) is 0.652. The fourth-order valence-corrected chi connectivity index (χ4v) is 3.42. The zero-order valence-electron chi connectivity index (χ0n) is 14.9. The first-order valence-corrected chi connectivity index (χ1v) is 8.90. The number of imide groups is 1. The normalized spacial score (nSPS) is 26.6. The van der Waals surface area contributed by atoms with Gasteiger partial charge in [0.1, 0.15) is 11.3 Å². The molecule has 2 aliphatic rings. The van der Waals surface area contributed by atoms with E-state index in [0.29, 0.717) is 26.0 Å². The molecule has 0 spiro atoms. The van der Waals surface area contributed by atoms with Crippen LogP contribution >= 0.6 is 0 Å². The van der Waals surface area contributed by atoms with Crippen molar-refractivity contribution in [1.29, 1.82) is 0 Å². The molecule has 0 radical (unpaired) electrons. The first kappa shape index (κ1) is 17.7. The van der Waals surface area contributed by atoms with Crippen molar-refractivity contribution < 1.29 is 19.1 Å². The van der Waals surface area contributed by atoms with Crippen molar-refractivity contribution in [2.24, 2.45) is 0 Å². The van der Waals surface area contributed by atoms with Gasteiger partial charge in [0.2, 0.25) is 0 Å². The highest BCUT2D eigenvalue weighted by molar-refractivity contribution is 6.06.